The van der Waals surface area contributed by atoms with Gasteiger partial charge in [0.25, 0.3) is 0 Å². The van der Waals surface area contributed by atoms with Crippen LogP contribution in [-0.4, -0.2) is 21.0 Å². The largest absolute Gasteiger partial charge is 0.414 e. The molecule has 0 spiro atoms. The molecule has 0 aliphatic rings. The molecule has 23 heavy (non-hydrogen) atoms. The van der Waals surface area contributed by atoms with Crippen molar-refractivity contribution in [3.05, 3.63) is 61.0 Å². The maximum Gasteiger partial charge on any atom is 0.192 e. The molecule has 2 nitrogen and oxygen atoms in total. The van der Waals surface area contributed by atoms with Crippen molar-refractivity contribution in [2.45, 2.75) is 51.1 Å². The molecule has 0 bridgehead atoms. The van der Waals surface area contributed by atoms with Crippen LogP contribution in [0.4, 0.5) is 4.39 Å². The standard InChI is InChI=1S/C19H29FO2Si/c1-8-17(14-21-23(6,7)19(3,4)5)22-18(9-2)15-11-10-12-16(20)13-15/h8-13,17-18H,1-2,14H2,3-7H3/t17-,18+/m0/s1. The molecule has 0 amide bonds. The predicted molar refractivity (Wildman–Crippen MR) is 97.6 cm³/mol. The minimum Gasteiger partial charge on any atom is -0.414 e. The van der Waals surface area contributed by atoms with Gasteiger partial charge in [-0.15, -0.1) is 13.2 Å². The molecule has 0 unspecified atom stereocenters. The number of benzene rings is 1. The van der Waals surface area contributed by atoms with E-state index in [4.69, 9.17) is 9.16 Å². The molecule has 0 fully saturated rings. The summed E-state index contributed by atoms with van der Waals surface area (Å²) in [7, 11) is -1.85. The SMILES string of the molecule is C=C[C@@H](CO[Si](C)(C)C(C)(C)C)O[C@H](C=C)c1cccc(F)c1. The van der Waals surface area contributed by atoms with E-state index >= 15 is 0 Å². The molecule has 2 atom stereocenters. The Morgan fingerprint density at radius 1 is 1.22 bits per heavy atom. The van der Waals surface area contributed by atoms with Crippen LogP contribution in [0.2, 0.25) is 18.1 Å². The first-order chi connectivity index (χ1) is 10.6. The van der Waals surface area contributed by atoms with Crippen LogP contribution >= 0.6 is 0 Å². The van der Waals surface area contributed by atoms with E-state index in [2.05, 4.69) is 47.0 Å². The van der Waals surface area contributed by atoms with E-state index in [0.29, 0.717) is 6.61 Å². The molecule has 1 aromatic carbocycles. The van der Waals surface area contributed by atoms with Gasteiger partial charge in [0, 0.05) is 0 Å². The van der Waals surface area contributed by atoms with E-state index in [9.17, 15) is 4.39 Å². The third kappa shape index (κ3) is 5.72. The number of halogens is 1. The highest BCUT2D eigenvalue weighted by Crippen LogP contribution is 2.36. The van der Waals surface area contributed by atoms with Crippen molar-refractivity contribution in [1.29, 1.82) is 0 Å². The zero-order valence-corrected chi connectivity index (χ0v) is 15.9. The maximum absolute atomic E-state index is 13.4. The zero-order valence-electron chi connectivity index (χ0n) is 14.9. The molecule has 0 aliphatic heterocycles. The Bertz CT molecular complexity index is 534. The van der Waals surface area contributed by atoms with E-state index in [1.807, 2.05) is 6.07 Å². The summed E-state index contributed by atoms with van der Waals surface area (Å²) in [6, 6.07) is 6.36. The summed E-state index contributed by atoms with van der Waals surface area (Å²) < 4.78 is 25.6. The van der Waals surface area contributed by atoms with Gasteiger partial charge in [-0.05, 0) is 35.8 Å². The fourth-order valence-electron chi connectivity index (χ4n) is 1.81. The zero-order chi connectivity index (χ0) is 17.7. The van der Waals surface area contributed by atoms with Gasteiger partial charge in [-0.25, -0.2) is 4.39 Å². The molecule has 0 radical (unpaired) electrons. The van der Waals surface area contributed by atoms with Crippen LogP contribution in [0.25, 0.3) is 0 Å². The van der Waals surface area contributed by atoms with Crippen LogP contribution in [-0.2, 0) is 9.16 Å². The van der Waals surface area contributed by atoms with Gasteiger partial charge in [0.05, 0.1) is 12.7 Å². The third-order valence-electron chi connectivity index (χ3n) is 4.39. The molecule has 0 saturated carbocycles. The molecule has 0 N–H and O–H groups in total. The van der Waals surface area contributed by atoms with E-state index in [0.717, 1.165) is 5.56 Å². The maximum atomic E-state index is 13.4. The van der Waals surface area contributed by atoms with Crippen molar-refractivity contribution in [3.63, 3.8) is 0 Å². The second kappa shape index (κ2) is 8.04. The van der Waals surface area contributed by atoms with Gasteiger partial charge in [-0.2, -0.15) is 0 Å². The molecule has 1 aromatic rings. The monoisotopic (exact) mass is 336 g/mol. The minimum absolute atomic E-state index is 0.138. The molecule has 128 valence electrons. The molecule has 4 heteroatoms. The van der Waals surface area contributed by atoms with Crippen LogP contribution in [0.3, 0.4) is 0 Å². The lowest BCUT2D eigenvalue weighted by atomic mass is 10.1. The van der Waals surface area contributed by atoms with Crippen LogP contribution in [0.1, 0.15) is 32.4 Å². The molecule has 0 aliphatic carbocycles. The average molecular weight is 337 g/mol. The van der Waals surface area contributed by atoms with Gasteiger partial charge in [0.15, 0.2) is 8.32 Å². The van der Waals surface area contributed by atoms with Gasteiger partial charge in [0.1, 0.15) is 11.9 Å². The number of rotatable bonds is 8. The van der Waals surface area contributed by atoms with Crippen molar-refractivity contribution in [2.24, 2.45) is 0 Å². The lowest BCUT2D eigenvalue weighted by molar-refractivity contribution is 0.0109. The van der Waals surface area contributed by atoms with Crippen molar-refractivity contribution >= 4 is 8.32 Å². The smallest absolute Gasteiger partial charge is 0.192 e. The summed E-state index contributed by atoms with van der Waals surface area (Å²) in [4.78, 5) is 0. The summed E-state index contributed by atoms with van der Waals surface area (Å²) in [6.45, 7) is 19.0. The van der Waals surface area contributed by atoms with Crippen molar-refractivity contribution in [3.8, 4) is 0 Å². The highest BCUT2D eigenvalue weighted by molar-refractivity contribution is 6.74. The Labute approximate surface area is 141 Å². The van der Waals surface area contributed by atoms with Gasteiger partial charge >= 0.3 is 0 Å². The van der Waals surface area contributed by atoms with E-state index in [1.165, 1.54) is 12.1 Å². The Hall–Kier alpha value is -1.23. The highest BCUT2D eigenvalue weighted by Gasteiger charge is 2.37. The van der Waals surface area contributed by atoms with Crippen molar-refractivity contribution < 1.29 is 13.6 Å². The predicted octanol–water partition coefficient (Wildman–Crippen LogP) is 5.65. The number of ether oxygens (including phenoxy) is 1. The van der Waals surface area contributed by atoms with E-state index in [-0.39, 0.29) is 17.0 Å². The first kappa shape index (κ1) is 19.8. The molecule has 0 aromatic heterocycles. The van der Waals surface area contributed by atoms with Gasteiger partial charge in [0.2, 0.25) is 0 Å². The number of hydrogen-bond donors (Lipinski definition) is 0. The Balaban J connectivity index is 2.75. The van der Waals surface area contributed by atoms with Crippen LogP contribution in [0.15, 0.2) is 49.6 Å². The quantitative estimate of drug-likeness (QED) is 0.451. The normalized spacial score (nSPS) is 15.0. The Morgan fingerprint density at radius 3 is 2.35 bits per heavy atom. The number of hydrogen-bond acceptors (Lipinski definition) is 2. The Kier molecular flexibility index (Phi) is 6.93. The second-order valence-corrected chi connectivity index (χ2v) is 12.0. The minimum atomic E-state index is -1.85. The summed E-state index contributed by atoms with van der Waals surface area (Å²) in [5, 5.41) is 0.138. The van der Waals surface area contributed by atoms with Crippen LogP contribution in [0, 0.1) is 5.82 Å². The van der Waals surface area contributed by atoms with Gasteiger partial charge < -0.3 is 9.16 Å². The molecule has 1 rings (SSSR count). The fraction of sp³-hybridized carbons (Fsp3) is 0.474. The van der Waals surface area contributed by atoms with Crippen LogP contribution < -0.4 is 0 Å². The summed E-state index contributed by atoms with van der Waals surface area (Å²) in [5.74, 6) is -0.286. The van der Waals surface area contributed by atoms with Gasteiger partial charge in [-0.3, -0.25) is 0 Å². The second-order valence-electron chi connectivity index (χ2n) is 7.19. The lowest BCUT2D eigenvalue weighted by Gasteiger charge is -2.37. The first-order valence-electron chi connectivity index (χ1n) is 7.90. The summed E-state index contributed by atoms with van der Waals surface area (Å²) in [5.41, 5.74) is 0.735. The summed E-state index contributed by atoms with van der Waals surface area (Å²) >= 11 is 0. The molecule has 0 heterocycles. The van der Waals surface area contributed by atoms with Crippen LogP contribution in [0.5, 0.6) is 0 Å². The van der Waals surface area contributed by atoms with Gasteiger partial charge in [-0.1, -0.05) is 45.1 Å². The van der Waals surface area contributed by atoms with E-state index in [1.54, 1.807) is 18.2 Å². The fourth-order valence-corrected chi connectivity index (χ4v) is 2.83. The highest BCUT2D eigenvalue weighted by atomic mass is 28.4. The Morgan fingerprint density at radius 2 is 1.87 bits per heavy atom. The third-order valence-corrected chi connectivity index (χ3v) is 8.89. The van der Waals surface area contributed by atoms with Crippen molar-refractivity contribution in [1.82, 2.24) is 0 Å². The first-order valence-corrected chi connectivity index (χ1v) is 10.8. The van der Waals surface area contributed by atoms with Crippen molar-refractivity contribution in [2.75, 3.05) is 6.61 Å². The average Bonchev–Trinajstić information content (AvgIpc) is 2.46. The topological polar surface area (TPSA) is 18.5 Å². The summed E-state index contributed by atoms with van der Waals surface area (Å²) in [6.07, 6.45) is 2.73. The molecular formula is C19H29FO2Si. The molecule has 0 saturated heterocycles. The molecular weight excluding hydrogens is 307 g/mol. The lowest BCUT2D eigenvalue weighted by Crippen LogP contribution is -2.42. The van der Waals surface area contributed by atoms with E-state index < -0.39 is 14.4 Å².